The van der Waals surface area contributed by atoms with Crippen LogP contribution in [0.5, 0.6) is 0 Å². The van der Waals surface area contributed by atoms with Crippen LogP contribution >= 0.6 is 0 Å². The van der Waals surface area contributed by atoms with Crippen LogP contribution in [0.2, 0.25) is 0 Å². The molecule has 0 saturated carbocycles. The van der Waals surface area contributed by atoms with Gasteiger partial charge in [0.15, 0.2) is 5.78 Å². The number of carbonyl (C=O) groups excluding carboxylic acids is 1. The molecule has 0 spiro atoms. The molecule has 4 heteroatoms. The molecule has 0 aliphatic carbocycles. The number of rotatable bonds is 3. The van der Waals surface area contributed by atoms with Crippen LogP contribution in [0.3, 0.4) is 0 Å². The van der Waals surface area contributed by atoms with Crippen molar-refractivity contribution in [1.29, 1.82) is 0 Å². The molecule has 0 bridgehead atoms. The standard InChI is InChI=1S/C11H13N3O/c1-3-8(2)10(15)9-7-13-11-12-5-4-6-14(9)11/h4-8H,3H2,1-2H3. The van der Waals surface area contributed by atoms with E-state index in [0.29, 0.717) is 11.5 Å². The van der Waals surface area contributed by atoms with Crippen molar-refractivity contribution in [3.63, 3.8) is 0 Å². The maximum Gasteiger partial charge on any atom is 0.234 e. The van der Waals surface area contributed by atoms with Gasteiger partial charge in [-0.25, -0.2) is 9.97 Å². The van der Waals surface area contributed by atoms with Crippen molar-refractivity contribution in [2.75, 3.05) is 0 Å². The Morgan fingerprint density at radius 1 is 1.53 bits per heavy atom. The van der Waals surface area contributed by atoms with Gasteiger partial charge in [-0.1, -0.05) is 13.8 Å². The quantitative estimate of drug-likeness (QED) is 0.716. The van der Waals surface area contributed by atoms with E-state index in [1.807, 2.05) is 20.0 Å². The Hall–Kier alpha value is -1.71. The summed E-state index contributed by atoms with van der Waals surface area (Å²) < 4.78 is 1.73. The lowest BCUT2D eigenvalue weighted by Gasteiger charge is -2.05. The molecule has 2 aromatic rings. The molecule has 4 nitrogen and oxygen atoms in total. The van der Waals surface area contributed by atoms with Crippen molar-refractivity contribution in [2.24, 2.45) is 5.92 Å². The Labute approximate surface area is 88.0 Å². The summed E-state index contributed by atoms with van der Waals surface area (Å²) in [6.45, 7) is 3.93. The van der Waals surface area contributed by atoms with Crippen LogP contribution in [0.4, 0.5) is 0 Å². The average molecular weight is 203 g/mol. The third kappa shape index (κ3) is 1.63. The Bertz CT molecular complexity index is 489. The zero-order valence-electron chi connectivity index (χ0n) is 8.84. The molecule has 2 aromatic heterocycles. The minimum absolute atomic E-state index is 0.0325. The van der Waals surface area contributed by atoms with Gasteiger partial charge in [0.1, 0.15) is 5.69 Å². The van der Waals surface area contributed by atoms with Gasteiger partial charge in [0.05, 0.1) is 6.20 Å². The van der Waals surface area contributed by atoms with Gasteiger partial charge in [-0.3, -0.25) is 9.20 Å². The number of ketones is 1. The van der Waals surface area contributed by atoms with Gasteiger partial charge < -0.3 is 0 Å². The molecule has 0 N–H and O–H groups in total. The highest BCUT2D eigenvalue weighted by atomic mass is 16.1. The molecule has 1 unspecified atom stereocenters. The molecular weight excluding hydrogens is 190 g/mol. The van der Waals surface area contributed by atoms with Gasteiger partial charge in [0.25, 0.3) is 0 Å². The number of hydrogen-bond donors (Lipinski definition) is 0. The second kappa shape index (κ2) is 3.81. The molecule has 2 rings (SSSR count). The summed E-state index contributed by atoms with van der Waals surface area (Å²) in [7, 11) is 0. The maximum absolute atomic E-state index is 12.0. The van der Waals surface area contributed by atoms with E-state index in [-0.39, 0.29) is 11.7 Å². The highest BCUT2D eigenvalue weighted by Gasteiger charge is 2.17. The van der Waals surface area contributed by atoms with Gasteiger partial charge in [-0.2, -0.15) is 0 Å². The second-order valence-corrected chi connectivity index (χ2v) is 3.61. The van der Waals surface area contributed by atoms with E-state index in [9.17, 15) is 4.79 Å². The lowest BCUT2D eigenvalue weighted by atomic mass is 10.0. The molecule has 15 heavy (non-hydrogen) atoms. The Morgan fingerprint density at radius 3 is 3.07 bits per heavy atom. The van der Waals surface area contributed by atoms with Crippen molar-refractivity contribution in [1.82, 2.24) is 14.4 Å². The topological polar surface area (TPSA) is 47.3 Å². The second-order valence-electron chi connectivity index (χ2n) is 3.61. The highest BCUT2D eigenvalue weighted by molar-refractivity contribution is 5.96. The zero-order chi connectivity index (χ0) is 10.8. The van der Waals surface area contributed by atoms with Crippen molar-refractivity contribution in [3.05, 3.63) is 30.4 Å². The summed E-state index contributed by atoms with van der Waals surface area (Å²) in [5, 5.41) is 0. The first kappa shape index (κ1) is 9.83. The SMILES string of the molecule is CCC(C)C(=O)c1cnc2ncccn12. The summed E-state index contributed by atoms with van der Waals surface area (Å²) in [4.78, 5) is 20.1. The monoisotopic (exact) mass is 203 g/mol. The van der Waals surface area contributed by atoms with Crippen LogP contribution in [-0.4, -0.2) is 20.2 Å². The molecule has 0 amide bonds. The van der Waals surface area contributed by atoms with Crippen LogP contribution in [0, 0.1) is 5.92 Å². The number of aromatic nitrogens is 3. The van der Waals surface area contributed by atoms with Gasteiger partial charge >= 0.3 is 0 Å². The largest absolute Gasteiger partial charge is 0.292 e. The van der Waals surface area contributed by atoms with Gasteiger partial charge in [-0.05, 0) is 12.5 Å². The average Bonchev–Trinajstić information content (AvgIpc) is 2.70. The smallest absolute Gasteiger partial charge is 0.234 e. The predicted octanol–water partition coefficient (Wildman–Crippen LogP) is 1.96. The molecule has 78 valence electrons. The summed E-state index contributed by atoms with van der Waals surface area (Å²) >= 11 is 0. The number of imidazole rings is 1. The van der Waals surface area contributed by atoms with Crippen LogP contribution in [0.1, 0.15) is 30.8 Å². The van der Waals surface area contributed by atoms with Crippen LogP contribution in [0.15, 0.2) is 24.7 Å². The minimum atomic E-state index is 0.0325. The number of hydrogen-bond acceptors (Lipinski definition) is 3. The molecular formula is C11H13N3O. The number of Topliss-reactive ketones (excluding diaryl/α,β-unsaturated/α-hetero) is 1. The van der Waals surface area contributed by atoms with Crippen LogP contribution < -0.4 is 0 Å². The first-order chi connectivity index (χ1) is 7.24. The number of carbonyl (C=O) groups is 1. The van der Waals surface area contributed by atoms with E-state index in [1.165, 1.54) is 0 Å². The number of fused-ring (bicyclic) bond motifs is 1. The van der Waals surface area contributed by atoms with Crippen molar-refractivity contribution < 1.29 is 4.79 Å². The van der Waals surface area contributed by atoms with E-state index < -0.39 is 0 Å². The molecule has 0 radical (unpaired) electrons. The van der Waals surface area contributed by atoms with E-state index >= 15 is 0 Å². The van der Waals surface area contributed by atoms with Gasteiger partial charge in [0.2, 0.25) is 5.78 Å². The lowest BCUT2D eigenvalue weighted by Crippen LogP contribution is -2.12. The van der Waals surface area contributed by atoms with Crippen LogP contribution in [0.25, 0.3) is 5.78 Å². The van der Waals surface area contributed by atoms with E-state index in [4.69, 9.17) is 0 Å². The van der Waals surface area contributed by atoms with Crippen molar-refractivity contribution >= 4 is 11.6 Å². The van der Waals surface area contributed by atoms with E-state index in [2.05, 4.69) is 9.97 Å². The molecule has 0 saturated heterocycles. The fourth-order valence-corrected chi connectivity index (χ4v) is 1.45. The highest BCUT2D eigenvalue weighted by Crippen LogP contribution is 2.12. The molecule has 1 atom stereocenters. The van der Waals surface area contributed by atoms with Gasteiger partial charge in [0, 0.05) is 18.3 Å². The molecule has 0 fully saturated rings. The number of nitrogens with zero attached hydrogens (tertiary/aromatic N) is 3. The molecule has 0 aliphatic rings. The molecule has 0 aromatic carbocycles. The zero-order valence-corrected chi connectivity index (χ0v) is 8.84. The Kier molecular flexibility index (Phi) is 2.49. The Morgan fingerprint density at radius 2 is 2.33 bits per heavy atom. The van der Waals surface area contributed by atoms with Crippen molar-refractivity contribution in [2.45, 2.75) is 20.3 Å². The lowest BCUT2D eigenvalue weighted by molar-refractivity contribution is 0.0921. The van der Waals surface area contributed by atoms with Crippen LogP contribution in [-0.2, 0) is 0 Å². The van der Waals surface area contributed by atoms with Gasteiger partial charge in [-0.15, -0.1) is 0 Å². The summed E-state index contributed by atoms with van der Waals surface area (Å²) in [5.41, 5.74) is 0.618. The van der Waals surface area contributed by atoms with E-state index in [1.54, 1.807) is 22.9 Å². The van der Waals surface area contributed by atoms with Crippen molar-refractivity contribution in [3.8, 4) is 0 Å². The maximum atomic E-state index is 12.0. The first-order valence-electron chi connectivity index (χ1n) is 5.06. The Balaban J connectivity index is 2.48. The summed E-state index contributed by atoms with van der Waals surface area (Å²) in [6, 6.07) is 1.79. The molecule has 2 heterocycles. The fourth-order valence-electron chi connectivity index (χ4n) is 1.45. The predicted molar refractivity (Wildman–Crippen MR) is 56.8 cm³/mol. The summed E-state index contributed by atoms with van der Waals surface area (Å²) in [5.74, 6) is 0.729. The fraction of sp³-hybridized carbons (Fsp3) is 0.364. The minimum Gasteiger partial charge on any atom is -0.292 e. The first-order valence-corrected chi connectivity index (χ1v) is 5.06. The normalized spacial score (nSPS) is 12.9. The third-order valence-electron chi connectivity index (χ3n) is 2.60. The summed E-state index contributed by atoms with van der Waals surface area (Å²) in [6.07, 6.45) is 5.91. The molecule has 0 aliphatic heterocycles. The van der Waals surface area contributed by atoms with E-state index in [0.717, 1.165) is 6.42 Å². The third-order valence-corrected chi connectivity index (χ3v) is 2.60.